The molecule has 0 atom stereocenters. The second kappa shape index (κ2) is 8.38. The number of amides is 1. The fourth-order valence-corrected chi connectivity index (χ4v) is 2.37. The lowest BCUT2D eigenvalue weighted by Gasteiger charge is -2.07. The lowest BCUT2D eigenvalue weighted by molar-refractivity contribution is -0.116. The maximum absolute atomic E-state index is 12.0. The van der Waals surface area contributed by atoms with E-state index >= 15 is 0 Å². The van der Waals surface area contributed by atoms with Crippen LogP contribution >= 0.6 is 0 Å². The average molecular weight is 295 g/mol. The third-order valence-electron chi connectivity index (χ3n) is 3.82. The Morgan fingerprint density at radius 3 is 2.14 bits per heavy atom. The minimum atomic E-state index is 0.0712. The molecule has 2 aromatic carbocycles. The Bertz CT molecular complexity index is 584. The lowest BCUT2D eigenvalue weighted by atomic mass is 10.1. The summed E-state index contributed by atoms with van der Waals surface area (Å²) in [5.74, 6) is 0.0712. The largest absolute Gasteiger partial charge is 0.326 e. The highest BCUT2D eigenvalue weighted by molar-refractivity contribution is 5.90. The second-order valence-electron chi connectivity index (χ2n) is 5.83. The van der Waals surface area contributed by atoms with E-state index in [2.05, 4.69) is 55.6 Å². The van der Waals surface area contributed by atoms with Crippen molar-refractivity contribution in [2.45, 2.75) is 46.0 Å². The van der Waals surface area contributed by atoms with Crippen LogP contribution in [0.4, 0.5) is 5.69 Å². The predicted molar refractivity (Wildman–Crippen MR) is 93.2 cm³/mol. The summed E-state index contributed by atoms with van der Waals surface area (Å²) in [6.45, 7) is 4.27. The van der Waals surface area contributed by atoms with Gasteiger partial charge >= 0.3 is 0 Å². The van der Waals surface area contributed by atoms with E-state index in [9.17, 15) is 4.79 Å². The molecule has 1 amide bonds. The van der Waals surface area contributed by atoms with Crippen LogP contribution in [0.15, 0.2) is 48.5 Å². The highest BCUT2D eigenvalue weighted by atomic mass is 16.1. The fraction of sp³-hybridized carbons (Fsp3) is 0.350. The summed E-state index contributed by atoms with van der Waals surface area (Å²) in [4.78, 5) is 12.0. The van der Waals surface area contributed by atoms with E-state index in [-0.39, 0.29) is 5.91 Å². The average Bonchev–Trinajstić information content (AvgIpc) is 2.54. The standard InChI is InChI=1S/C20H25NO/c1-3-4-5-17-10-13-19(14-11-17)21-20(22)15-12-18-8-6-16(2)7-9-18/h6-11,13-14H,3-5,12,15H2,1-2H3,(H,21,22). The maximum Gasteiger partial charge on any atom is 0.224 e. The third kappa shape index (κ3) is 5.36. The smallest absolute Gasteiger partial charge is 0.224 e. The van der Waals surface area contributed by atoms with Crippen LogP contribution in [0, 0.1) is 6.92 Å². The van der Waals surface area contributed by atoms with Gasteiger partial charge in [-0.3, -0.25) is 4.79 Å². The van der Waals surface area contributed by atoms with E-state index < -0.39 is 0 Å². The predicted octanol–water partition coefficient (Wildman–Crippen LogP) is 4.91. The van der Waals surface area contributed by atoms with Crippen molar-refractivity contribution in [3.63, 3.8) is 0 Å². The number of anilines is 1. The van der Waals surface area contributed by atoms with Gasteiger partial charge in [-0.2, -0.15) is 0 Å². The molecule has 0 saturated heterocycles. The number of hydrogen-bond donors (Lipinski definition) is 1. The number of nitrogens with one attached hydrogen (secondary N) is 1. The first kappa shape index (κ1) is 16.3. The summed E-state index contributed by atoms with van der Waals surface area (Å²) in [5.41, 5.74) is 4.67. The Hall–Kier alpha value is -2.09. The van der Waals surface area contributed by atoms with E-state index in [1.54, 1.807) is 0 Å². The Kier molecular flexibility index (Phi) is 6.20. The number of carbonyl (C=O) groups excluding carboxylic acids is 1. The van der Waals surface area contributed by atoms with Crippen molar-refractivity contribution in [1.82, 2.24) is 0 Å². The zero-order valence-corrected chi connectivity index (χ0v) is 13.6. The van der Waals surface area contributed by atoms with Crippen LogP contribution in [-0.2, 0) is 17.6 Å². The molecule has 0 aromatic heterocycles. The van der Waals surface area contributed by atoms with Crippen LogP contribution in [-0.4, -0.2) is 5.91 Å². The minimum absolute atomic E-state index is 0.0712. The van der Waals surface area contributed by atoms with Crippen molar-refractivity contribution in [2.75, 3.05) is 5.32 Å². The van der Waals surface area contributed by atoms with E-state index in [1.165, 1.54) is 29.5 Å². The summed E-state index contributed by atoms with van der Waals surface area (Å²) >= 11 is 0. The van der Waals surface area contributed by atoms with Crippen LogP contribution in [0.5, 0.6) is 0 Å². The molecular weight excluding hydrogens is 270 g/mol. The van der Waals surface area contributed by atoms with E-state index in [4.69, 9.17) is 0 Å². The highest BCUT2D eigenvalue weighted by Crippen LogP contribution is 2.13. The van der Waals surface area contributed by atoms with Crippen LogP contribution in [0.2, 0.25) is 0 Å². The van der Waals surface area contributed by atoms with Gasteiger partial charge in [0.25, 0.3) is 0 Å². The summed E-state index contributed by atoms with van der Waals surface area (Å²) < 4.78 is 0. The molecule has 2 nitrogen and oxygen atoms in total. The van der Waals surface area contributed by atoms with E-state index in [1.807, 2.05) is 12.1 Å². The van der Waals surface area contributed by atoms with Crippen LogP contribution in [0.3, 0.4) is 0 Å². The van der Waals surface area contributed by atoms with Crippen LogP contribution < -0.4 is 5.32 Å². The molecule has 0 radical (unpaired) electrons. The van der Waals surface area contributed by atoms with E-state index in [0.29, 0.717) is 6.42 Å². The van der Waals surface area contributed by atoms with E-state index in [0.717, 1.165) is 18.5 Å². The van der Waals surface area contributed by atoms with Crippen molar-refractivity contribution in [2.24, 2.45) is 0 Å². The molecule has 116 valence electrons. The Morgan fingerprint density at radius 1 is 0.909 bits per heavy atom. The number of benzene rings is 2. The molecule has 0 aliphatic carbocycles. The first-order valence-corrected chi connectivity index (χ1v) is 8.11. The van der Waals surface area contributed by atoms with Gasteiger partial charge in [-0.1, -0.05) is 55.3 Å². The fourth-order valence-electron chi connectivity index (χ4n) is 2.37. The van der Waals surface area contributed by atoms with Gasteiger partial charge in [-0.05, 0) is 49.4 Å². The van der Waals surface area contributed by atoms with Crippen molar-refractivity contribution in [3.05, 3.63) is 65.2 Å². The number of aryl methyl sites for hydroxylation is 3. The van der Waals surface area contributed by atoms with Gasteiger partial charge in [0.2, 0.25) is 5.91 Å². The minimum Gasteiger partial charge on any atom is -0.326 e. The normalized spacial score (nSPS) is 10.5. The molecule has 0 fully saturated rings. The Labute approximate surface area is 133 Å². The van der Waals surface area contributed by atoms with Gasteiger partial charge in [0.05, 0.1) is 0 Å². The third-order valence-corrected chi connectivity index (χ3v) is 3.82. The van der Waals surface area contributed by atoms with Crippen molar-refractivity contribution >= 4 is 11.6 Å². The molecule has 2 heteroatoms. The van der Waals surface area contributed by atoms with Crippen molar-refractivity contribution in [1.29, 1.82) is 0 Å². The van der Waals surface area contributed by atoms with Crippen LogP contribution in [0.1, 0.15) is 42.9 Å². The molecule has 0 unspecified atom stereocenters. The summed E-state index contributed by atoms with van der Waals surface area (Å²) in [7, 11) is 0. The molecule has 0 heterocycles. The molecular formula is C20H25NO. The molecule has 0 saturated carbocycles. The van der Waals surface area contributed by atoms with Crippen molar-refractivity contribution < 1.29 is 4.79 Å². The molecule has 0 bridgehead atoms. The van der Waals surface area contributed by atoms with Crippen LogP contribution in [0.25, 0.3) is 0 Å². The first-order chi connectivity index (χ1) is 10.7. The molecule has 22 heavy (non-hydrogen) atoms. The maximum atomic E-state index is 12.0. The van der Waals surface area contributed by atoms with Gasteiger partial charge in [-0.15, -0.1) is 0 Å². The van der Waals surface area contributed by atoms with Gasteiger partial charge in [0, 0.05) is 12.1 Å². The SMILES string of the molecule is CCCCc1ccc(NC(=O)CCc2ccc(C)cc2)cc1. The molecule has 2 rings (SSSR count). The van der Waals surface area contributed by atoms with Gasteiger partial charge in [-0.25, -0.2) is 0 Å². The molecule has 0 aliphatic heterocycles. The Balaban J connectivity index is 1.80. The molecule has 0 aliphatic rings. The number of carbonyl (C=O) groups is 1. The summed E-state index contributed by atoms with van der Waals surface area (Å²) in [6, 6.07) is 16.5. The monoisotopic (exact) mass is 295 g/mol. The van der Waals surface area contributed by atoms with Gasteiger partial charge in [0.1, 0.15) is 0 Å². The van der Waals surface area contributed by atoms with Gasteiger partial charge in [0.15, 0.2) is 0 Å². The summed E-state index contributed by atoms with van der Waals surface area (Å²) in [6.07, 6.45) is 4.82. The van der Waals surface area contributed by atoms with Crippen molar-refractivity contribution in [3.8, 4) is 0 Å². The van der Waals surface area contributed by atoms with Gasteiger partial charge < -0.3 is 5.32 Å². The lowest BCUT2D eigenvalue weighted by Crippen LogP contribution is -2.12. The number of rotatable bonds is 7. The zero-order valence-electron chi connectivity index (χ0n) is 13.6. The molecule has 2 aromatic rings. The zero-order chi connectivity index (χ0) is 15.8. The number of hydrogen-bond acceptors (Lipinski definition) is 1. The first-order valence-electron chi connectivity index (χ1n) is 8.11. The Morgan fingerprint density at radius 2 is 1.50 bits per heavy atom. The highest BCUT2D eigenvalue weighted by Gasteiger charge is 2.03. The quantitative estimate of drug-likeness (QED) is 0.772. The number of unbranched alkanes of at least 4 members (excludes halogenated alkanes) is 1. The second-order valence-corrected chi connectivity index (χ2v) is 5.83. The summed E-state index contributed by atoms with van der Waals surface area (Å²) in [5, 5.41) is 2.97. The topological polar surface area (TPSA) is 29.1 Å². The molecule has 0 spiro atoms. The molecule has 1 N–H and O–H groups in total.